The van der Waals surface area contributed by atoms with Crippen molar-refractivity contribution in [1.82, 2.24) is 4.90 Å². The summed E-state index contributed by atoms with van der Waals surface area (Å²) >= 11 is 3.28. The summed E-state index contributed by atoms with van der Waals surface area (Å²) in [4.78, 5) is 28.2. The summed E-state index contributed by atoms with van der Waals surface area (Å²) in [6.45, 7) is 8.72. The molecule has 1 aliphatic heterocycles. The summed E-state index contributed by atoms with van der Waals surface area (Å²) in [6.07, 6.45) is 1.26. The third kappa shape index (κ3) is 5.24. The Morgan fingerprint density at radius 3 is 2.62 bits per heavy atom. The van der Waals surface area contributed by atoms with Crippen LogP contribution in [-0.4, -0.2) is 40.6 Å². The number of thioether (sulfide) groups is 1. The third-order valence-electron chi connectivity index (χ3n) is 3.79. The fourth-order valence-electron chi connectivity index (χ4n) is 2.66. The molecule has 1 amide bonds. The average molecular weight is 370 g/mol. The van der Waals surface area contributed by atoms with Crippen LogP contribution in [0.4, 0.5) is 0 Å². The number of carbonyl (C=O) groups is 2. The molecule has 134 valence electrons. The van der Waals surface area contributed by atoms with E-state index in [4.69, 9.17) is 4.74 Å². The number of amides is 1. The monoisotopic (exact) mass is 369 g/mol. The molecular weight excluding hydrogens is 342 g/mol. The Kier molecular flexibility index (Phi) is 7.16. The molecule has 0 saturated carbocycles. The van der Waals surface area contributed by atoms with E-state index in [1.165, 1.54) is 0 Å². The third-order valence-corrected chi connectivity index (χ3v) is 5.98. The first kappa shape index (κ1) is 19.3. The van der Waals surface area contributed by atoms with Crippen LogP contribution in [0.25, 0.3) is 0 Å². The number of rotatable bonds is 7. The van der Waals surface area contributed by atoms with Crippen LogP contribution in [0.3, 0.4) is 0 Å². The van der Waals surface area contributed by atoms with Gasteiger partial charge >= 0.3 is 5.97 Å². The summed E-state index contributed by atoms with van der Waals surface area (Å²) in [5, 5.41) is 2.04. The smallest absolute Gasteiger partial charge is 0.329 e. The Balaban J connectivity index is 2.10. The second-order valence-corrected chi connectivity index (χ2v) is 9.26. The van der Waals surface area contributed by atoms with Gasteiger partial charge in [-0.2, -0.15) is 0 Å². The Morgan fingerprint density at radius 1 is 1.29 bits per heavy atom. The highest BCUT2D eigenvalue weighted by atomic mass is 32.2. The van der Waals surface area contributed by atoms with Gasteiger partial charge in [0.1, 0.15) is 6.04 Å². The Bertz CT molecular complexity index is 542. The van der Waals surface area contributed by atoms with Crippen molar-refractivity contribution in [1.29, 1.82) is 0 Å². The maximum absolute atomic E-state index is 12.9. The fraction of sp³-hybridized carbons (Fsp3) is 0.667. The van der Waals surface area contributed by atoms with Crippen LogP contribution in [0, 0.1) is 11.8 Å². The minimum Gasteiger partial charge on any atom is -0.464 e. The standard InChI is InChI=1S/C18H27NO3S2/c1-12(2)8-17-19(16(20)9-14-6-5-7-23-14)15(11-24-17)18(21)22-10-13(3)4/h5-7,12-13,15,17H,8-11H2,1-4H3. The second kappa shape index (κ2) is 8.90. The van der Waals surface area contributed by atoms with E-state index in [2.05, 4.69) is 13.8 Å². The SMILES string of the molecule is CC(C)COC(=O)C1CSC(CC(C)C)N1C(=O)Cc1cccs1. The minimum atomic E-state index is -0.454. The first-order valence-electron chi connectivity index (χ1n) is 8.50. The van der Waals surface area contributed by atoms with Gasteiger partial charge in [0.05, 0.1) is 18.4 Å². The van der Waals surface area contributed by atoms with Gasteiger partial charge < -0.3 is 9.64 Å². The van der Waals surface area contributed by atoms with Crippen molar-refractivity contribution in [3.8, 4) is 0 Å². The lowest BCUT2D eigenvalue weighted by Crippen LogP contribution is -2.47. The van der Waals surface area contributed by atoms with Crippen LogP contribution in [0.1, 0.15) is 39.0 Å². The molecule has 0 aliphatic carbocycles. The molecule has 1 aliphatic rings. The molecule has 1 aromatic rings. The van der Waals surface area contributed by atoms with Gasteiger partial charge in [0.2, 0.25) is 5.91 Å². The number of carbonyl (C=O) groups excluding carboxylic acids is 2. The molecule has 2 heterocycles. The fourth-order valence-corrected chi connectivity index (χ4v) is 5.01. The van der Waals surface area contributed by atoms with Gasteiger partial charge in [0.15, 0.2) is 0 Å². The highest BCUT2D eigenvalue weighted by molar-refractivity contribution is 8.00. The van der Waals surface area contributed by atoms with Gasteiger partial charge in [-0.1, -0.05) is 33.8 Å². The van der Waals surface area contributed by atoms with Crippen molar-refractivity contribution in [2.45, 2.75) is 52.0 Å². The van der Waals surface area contributed by atoms with Gasteiger partial charge in [-0.15, -0.1) is 23.1 Å². The minimum absolute atomic E-state index is 0.0274. The summed E-state index contributed by atoms with van der Waals surface area (Å²) < 4.78 is 5.41. The van der Waals surface area contributed by atoms with Crippen molar-refractivity contribution in [3.63, 3.8) is 0 Å². The number of thiophene rings is 1. The van der Waals surface area contributed by atoms with Crippen LogP contribution >= 0.6 is 23.1 Å². The number of esters is 1. The molecule has 0 radical (unpaired) electrons. The summed E-state index contributed by atoms with van der Waals surface area (Å²) in [6, 6.07) is 3.46. The predicted molar refractivity (Wildman–Crippen MR) is 100 cm³/mol. The lowest BCUT2D eigenvalue weighted by atomic mass is 10.1. The van der Waals surface area contributed by atoms with Gasteiger partial charge in [-0.25, -0.2) is 4.79 Å². The molecule has 24 heavy (non-hydrogen) atoms. The Morgan fingerprint density at radius 2 is 2.04 bits per heavy atom. The molecule has 0 spiro atoms. The molecule has 2 unspecified atom stereocenters. The summed E-state index contributed by atoms with van der Waals surface area (Å²) in [5.41, 5.74) is 0. The van der Waals surface area contributed by atoms with E-state index in [1.807, 2.05) is 31.4 Å². The van der Waals surface area contributed by atoms with Crippen molar-refractivity contribution >= 4 is 35.0 Å². The number of hydrogen-bond donors (Lipinski definition) is 0. The van der Waals surface area contributed by atoms with E-state index in [1.54, 1.807) is 28.0 Å². The van der Waals surface area contributed by atoms with E-state index in [-0.39, 0.29) is 17.3 Å². The van der Waals surface area contributed by atoms with Crippen molar-refractivity contribution in [2.75, 3.05) is 12.4 Å². The lowest BCUT2D eigenvalue weighted by Gasteiger charge is -2.29. The Labute approximate surface area is 152 Å². The van der Waals surface area contributed by atoms with Crippen LogP contribution in [-0.2, 0) is 20.7 Å². The molecule has 0 aromatic carbocycles. The number of hydrogen-bond acceptors (Lipinski definition) is 5. The lowest BCUT2D eigenvalue weighted by molar-refractivity contribution is -0.154. The maximum atomic E-state index is 12.9. The van der Waals surface area contributed by atoms with Gasteiger partial charge in [0, 0.05) is 10.6 Å². The van der Waals surface area contributed by atoms with Gasteiger partial charge in [-0.05, 0) is 29.7 Å². The van der Waals surface area contributed by atoms with Crippen molar-refractivity contribution in [3.05, 3.63) is 22.4 Å². The van der Waals surface area contributed by atoms with Crippen LogP contribution in [0.15, 0.2) is 17.5 Å². The zero-order chi connectivity index (χ0) is 17.7. The van der Waals surface area contributed by atoms with Crippen LogP contribution < -0.4 is 0 Å². The van der Waals surface area contributed by atoms with Crippen LogP contribution in [0.2, 0.25) is 0 Å². The highest BCUT2D eigenvalue weighted by Gasteiger charge is 2.42. The zero-order valence-corrected chi connectivity index (χ0v) is 16.5. The van der Waals surface area contributed by atoms with Crippen molar-refractivity contribution < 1.29 is 14.3 Å². The molecule has 1 saturated heterocycles. The molecule has 0 N–H and O–H groups in total. The molecule has 6 heteroatoms. The number of ether oxygens (including phenoxy) is 1. The molecular formula is C18H27NO3S2. The zero-order valence-electron chi connectivity index (χ0n) is 14.9. The van der Waals surface area contributed by atoms with Crippen LogP contribution in [0.5, 0.6) is 0 Å². The van der Waals surface area contributed by atoms with Gasteiger partial charge in [-0.3, -0.25) is 4.79 Å². The molecule has 1 fully saturated rings. The normalized spacial score (nSPS) is 20.8. The first-order valence-corrected chi connectivity index (χ1v) is 10.4. The Hall–Kier alpha value is -1.01. The molecule has 4 nitrogen and oxygen atoms in total. The second-order valence-electron chi connectivity index (χ2n) is 7.01. The van der Waals surface area contributed by atoms with E-state index >= 15 is 0 Å². The molecule has 0 bridgehead atoms. The van der Waals surface area contributed by atoms with Crippen molar-refractivity contribution in [2.24, 2.45) is 11.8 Å². The molecule has 2 rings (SSSR count). The van der Waals surface area contributed by atoms with E-state index in [9.17, 15) is 9.59 Å². The summed E-state index contributed by atoms with van der Waals surface area (Å²) in [7, 11) is 0. The summed E-state index contributed by atoms with van der Waals surface area (Å²) in [5.74, 6) is 1.17. The quantitative estimate of drug-likeness (QED) is 0.686. The van der Waals surface area contributed by atoms with E-state index in [0.29, 0.717) is 30.6 Å². The largest absolute Gasteiger partial charge is 0.464 e. The first-order chi connectivity index (χ1) is 11.4. The van der Waals surface area contributed by atoms with E-state index < -0.39 is 6.04 Å². The predicted octanol–water partition coefficient (Wildman–Crippen LogP) is 3.81. The highest BCUT2D eigenvalue weighted by Crippen LogP contribution is 2.34. The molecule has 1 aromatic heterocycles. The topological polar surface area (TPSA) is 46.6 Å². The number of nitrogens with zero attached hydrogens (tertiary/aromatic N) is 1. The van der Waals surface area contributed by atoms with Gasteiger partial charge in [0.25, 0.3) is 0 Å². The van der Waals surface area contributed by atoms with E-state index in [0.717, 1.165) is 11.3 Å². The maximum Gasteiger partial charge on any atom is 0.329 e. The molecule has 2 atom stereocenters. The average Bonchev–Trinajstić information content (AvgIpc) is 3.13.